The van der Waals surface area contributed by atoms with Crippen LogP contribution in [0.25, 0.3) is 5.82 Å². The van der Waals surface area contributed by atoms with Gasteiger partial charge in [-0.05, 0) is 19.1 Å². The van der Waals surface area contributed by atoms with Gasteiger partial charge in [-0.15, -0.1) is 15.0 Å². The normalized spacial score (nSPS) is 10.2. The molecule has 2 aromatic rings. The van der Waals surface area contributed by atoms with Crippen LogP contribution in [0.15, 0.2) is 24.4 Å². The smallest absolute Gasteiger partial charge is 0.174 e. The number of hydrogen-bond acceptors (Lipinski definition) is 4. The minimum atomic E-state index is 0.436. The summed E-state index contributed by atoms with van der Waals surface area (Å²) in [6.07, 6.45) is 1.68. The molecule has 5 nitrogen and oxygen atoms in total. The number of anilines is 1. The number of nitrogens with two attached hydrogens (primary N) is 1. The molecule has 0 aliphatic heterocycles. The molecule has 0 radical (unpaired) electrons. The third kappa shape index (κ3) is 1.35. The number of nitrogens with zero attached hydrogens (tertiary/aromatic N) is 4. The molecule has 0 aliphatic rings. The van der Waals surface area contributed by atoms with Crippen LogP contribution in [0.5, 0.6) is 0 Å². The Bertz CT molecular complexity index is 386. The van der Waals surface area contributed by atoms with E-state index in [0.29, 0.717) is 17.3 Å². The predicted octanol–water partition coefficient (Wildman–Crippen LogP) is 0.553. The molecule has 0 spiro atoms. The van der Waals surface area contributed by atoms with Gasteiger partial charge in [0.15, 0.2) is 11.6 Å². The molecule has 0 bridgehead atoms. The summed E-state index contributed by atoms with van der Waals surface area (Å²) in [5.74, 6) is 1.10. The van der Waals surface area contributed by atoms with Crippen molar-refractivity contribution in [3.63, 3.8) is 0 Å². The minimum absolute atomic E-state index is 0.436. The Labute approximate surface area is 75.2 Å². The first kappa shape index (κ1) is 7.72. The third-order valence-corrected chi connectivity index (χ3v) is 1.67. The van der Waals surface area contributed by atoms with Gasteiger partial charge in [0.1, 0.15) is 5.69 Å². The number of aryl methyl sites for hydroxylation is 1. The van der Waals surface area contributed by atoms with Crippen molar-refractivity contribution in [1.82, 2.24) is 20.0 Å². The molecule has 0 atom stereocenters. The summed E-state index contributed by atoms with van der Waals surface area (Å²) in [6, 6.07) is 5.53. The molecule has 0 amide bonds. The van der Waals surface area contributed by atoms with Gasteiger partial charge < -0.3 is 5.73 Å². The number of pyridine rings is 1. The Morgan fingerprint density at radius 2 is 2.15 bits per heavy atom. The highest BCUT2D eigenvalue weighted by Gasteiger charge is 2.04. The first-order chi connectivity index (χ1) is 6.27. The zero-order valence-corrected chi connectivity index (χ0v) is 7.18. The largest absolute Gasteiger partial charge is 0.381 e. The fraction of sp³-hybridized carbons (Fsp3) is 0.125. The van der Waals surface area contributed by atoms with Gasteiger partial charge in [-0.3, -0.25) is 0 Å². The van der Waals surface area contributed by atoms with Crippen molar-refractivity contribution in [2.24, 2.45) is 0 Å². The maximum atomic E-state index is 5.56. The lowest BCUT2D eigenvalue weighted by Crippen LogP contribution is -2.01. The molecule has 0 saturated carbocycles. The van der Waals surface area contributed by atoms with Crippen molar-refractivity contribution in [2.75, 3.05) is 5.73 Å². The van der Waals surface area contributed by atoms with Crippen molar-refractivity contribution >= 4 is 5.82 Å². The fourth-order valence-corrected chi connectivity index (χ4v) is 0.965. The Balaban J connectivity index is 2.48. The van der Waals surface area contributed by atoms with Crippen molar-refractivity contribution < 1.29 is 0 Å². The highest BCUT2D eigenvalue weighted by Crippen LogP contribution is 2.05. The Kier molecular flexibility index (Phi) is 1.70. The molecular weight excluding hydrogens is 166 g/mol. The van der Waals surface area contributed by atoms with Gasteiger partial charge in [0.25, 0.3) is 0 Å². The van der Waals surface area contributed by atoms with Crippen LogP contribution in [-0.4, -0.2) is 20.0 Å². The molecule has 0 aromatic carbocycles. The average molecular weight is 175 g/mol. The Morgan fingerprint density at radius 1 is 1.31 bits per heavy atom. The minimum Gasteiger partial charge on any atom is -0.381 e. The number of hydrogen-bond donors (Lipinski definition) is 1. The Morgan fingerprint density at radius 3 is 2.69 bits per heavy atom. The van der Waals surface area contributed by atoms with E-state index in [2.05, 4.69) is 15.2 Å². The molecule has 2 N–H and O–H groups in total. The zero-order valence-electron chi connectivity index (χ0n) is 7.18. The van der Waals surface area contributed by atoms with Crippen LogP contribution in [0.1, 0.15) is 5.69 Å². The highest BCUT2D eigenvalue weighted by atomic mass is 15.5. The lowest BCUT2D eigenvalue weighted by atomic mass is 10.5. The lowest BCUT2D eigenvalue weighted by molar-refractivity contribution is 0.725. The molecule has 0 fully saturated rings. The molecule has 5 heteroatoms. The van der Waals surface area contributed by atoms with Crippen LogP contribution >= 0.6 is 0 Å². The van der Waals surface area contributed by atoms with Crippen LogP contribution in [-0.2, 0) is 0 Å². The van der Waals surface area contributed by atoms with Gasteiger partial charge in [-0.2, -0.15) is 0 Å². The van der Waals surface area contributed by atoms with Crippen molar-refractivity contribution in [1.29, 1.82) is 0 Å². The van der Waals surface area contributed by atoms with E-state index in [1.54, 1.807) is 6.20 Å². The van der Waals surface area contributed by atoms with Gasteiger partial charge in [-0.1, -0.05) is 6.07 Å². The fourth-order valence-electron chi connectivity index (χ4n) is 0.965. The van der Waals surface area contributed by atoms with Crippen molar-refractivity contribution in [3.8, 4) is 5.82 Å². The number of aromatic nitrogens is 4. The van der Waals surface area contributed by atoms with E-state index in [0.717, 1.165) is 0 Å². The molecule has 2 aromatic heterocycles. The van der Waals surface area contributed by atoms with Gasteiger partial charge >= 0.3 is 0 Å². The average Bonchev–Trinajstić information content (AvgIpc) is 2.49. The Hall–Kier alpha value is -1.91. The summed E-state index contributed by atoms with van der Waals surface area (Å²) in [5.41, 5.74) is 6.27. The standard InChI is InChI=1S/C8H9N5/c1-6-8(9)12-13(11-6)7-4-2-3-5-10-7/h2-5H,1H3,(H2,9,12). The molecule has 2 rings (SSSR count). The first-order valence-electron chi connectivity index (χ1n) is 3.88. The van der Waals surface area contributed by atoms with E-state index in [4.69, 9.17) is 5.73 Å². The second kappa shape index (κ2) is 2.85. The zero-order chi connectivity index (χ0) is 9.26. The molecule has 0 saturated heterocycles. The molecule has 0 unspecified atom stereocenters. The third-order valence-electron chi connectivity index (χ3n) is 1.67. The summed E-state index contributed by atoms with van der Waals surface area (Å²) in [5, 5.41) is 8.10. The summed E-state index contributed by atoms with van der Waals surface area (Å²) in [7, 11) is 0. The predicted molar refractivity (Wildman–Crippen MR) is 48.3 cm³/mol. The second-order valence-corrected chi connectivity index (χ2v) is 2.65. The molecular formula is C8H9N5. The monoisotopic (exact) mass is 175 g/mol. The van der Waals surface area contributed by atoms with Crippen LogP contribution in [0.4, 0.5) is 5.82 Å². The highest BCUT2D eigenvalue weighted by molar-refractivity contribution is 5.32. The summed E-state index contributed by atoms with van der Waals surface area (Å²) in [4.78, 5) is 5.51. The van der Waals surface area contributed by atoms with Gasteiger partial charge in [0, 0.05) is 6.20 Å². The summed E-state index contributed by atoms with van der Waals surface area (Å²) in [6.45, 7) is 1.81. The first-order valence-corrected chi connectivity index (χ1v) is 3.88. The van der Waals surface area contributed by atoms with E-state index in [1.807, 2.05) is 25.1 Å². The van der Waals surface area contributed by atoms with Crippen LogP contribution in [0, 0.1) is 6.92 Å². The van der Waals surface area contributed by atoms with E-state index < -0.39 is 0 Å². The topological polar surface area (TPSA) is 69.6 Å². The molecule has 0 aliphatic carbocycles. The van der Waals surface area contributed by atoms with Crippen LogP contribution in [0.3, 0.4) is 0 Å². The van der Waals surface area contributed by atoms with Crippen molar-refractivity contribution in [2.45, 2.75) is 6.92 Å². The second-order valence-electron chi connectivity index (χ2n) is 2.65. The van der Waals surface area contributed by atoms with E-state index in [1.165, 1.54) is 4.80 Å². The van der Waals surface area contributed by atoms with Gasteiger partial charge in [0.2, 0.25) is 0 Å². The SMILES string of the molecule is Cc1nn(-c2ccccn2)nc1N. The van der Waals surface area contributed by atoms with E-state index in [9.17, 15) is 0 Å². The summed E-state index contributed by atoms with van der Waals surface area (Å²) < 4.78 is 0. The molecule has 13 heavy (non-hydrogen) atoms. The van der Waals surface area contributed by atoms with Crippen molar-refractivity contribution in [3.05, 3.63) is 30.1 Å². The quantitative estimate of drug-likeness (QED) is 0.687. The van der Waals surface area contributed by atoms with E-state index in [-0.39, 0.29) is 0 Å². The van der Waals surface area contributed by atoms with Crippen LogP contribution < -0.4 is 5.73 Å². The van der Waals surface area contributed by atoms with Gasteiger partial charge in [-0.25, -0.2) is 4.98 Å². The lowest BCUT2D eigenvalue weighted by Gasteiger charge is -1.94. The van der Waals surface area contributed by atoms with E-state index >= 15 is 0 Å². The maximum Gasteiger partial charge on any atom is 0.174 e. The molecule has 2 heterocycles. The van der Waals surface area contributed by atoms with Crippen LogP contribution in [0.2, 0.25) is 0 Å². The van der Waals surface area contributed by atoms with Gasteiger partial charge in [0.05, 0.1) is 0 Å². The molecule has 66 valence electrons. The number of rotatable bonds is 1. The maximum absolute atomic E-state index is 5.56. The number of nitrogen functional groups attached to an aromatic ring is 1. The summed E-state index contributed by atoms with van der Waals surface area (Å²) >= 11 is 0.